The van der Waals surface area contributed by atoms with E-state index in [1.807, 2.05) is 42.5 Å². The van der Waals surface area contributed by atoms with Gasteiger partial charge in [-0.3, -0.25) is 15.1 Å². The molecule has 124 valence electrons. The van der Waals surface area contributed by atoms with Gasteiger partial charge < -0.3 is 0 Å². The molecule has 0 saturated heterocycles. The molecule has 25 heavy (non-hydrogen) atoms. The average molecular weight is 369 g/mol. The van der Waals surface area contributed by atoms with Crippen molar-refractivity contribution in [1.82, 2.24) is 0 Å². The molecule has 0 aliphatic carbocycles. The second kappa shape index (κ2) is 7.96. The van der Waals surface area contributed by atoms with Crippen LogP contribution in [0, 0.1) is 10.1 Å². The van der Waals surface area contributed by atoms with Crippen LogP contribution in [0.4, 0.5) is 11.4 Å². The lowest BCUT2D eigenvalue weighted by atomic mass is 10.2. The van der Waals surface area contributed by atoms with Crippen molar-refractivity contribution in [2.45, 2.75) is 9.79 Å². The Morgan fingerprint density at radius 1 is 1.00 bits per heavy atom. The molecule has 3 aromatic carbocycles. The highest BCUT2D eigenvalue weighted by molar-refractivity contribution is 7.99. The molecular weight excluding hydrogens is 356 g/mol. The molecule has 0 aliphatic rings. The molecule has 0 atom stereocenters. The second-order valence-corrected chi connectivity index (χ2v) is 6.68. The standard InChI is InChI=1S/C19H13ClN2O2S/c20-15-5-4-6-16(12-15)21-13-14-11-17(22(23)24)9-10-19(14)25-18-7-2-1-3-8-18/h1-13H. The molecule has 0 aliphatic heterocycles. The Bertz CT molecular complexity index is 930. The Morgan fingerprint density at radius 3 is 2.52 bits per heavy atom. The summed E-state index contributed by atoms with van der Waals surface area (Å²) in [4.78, 5) is 17.0. The topological polar surface area (TPSA) is 55.5 Å². The number of hydrogen-bond acceptors (Lipinski definition) is 4. The van der Waals surface area contributed by atoms with Crippen molar-refractivity contribution in [2.75, 3.05) is 0 Å². The first-order valence-corrected chi connectivity index (χ1v) is 8.62. The summed E-state index contributed by atoms with van der Waals surface area (Å²) in [5, 5.41) is 11.7. The number of halogens is 1. The molecule has 6 heteroatoms. The van der Waals surface area contributed by atoms with Gasteiger partial charge in [0.1, 0.15) is 0 Å². The number of nitro groups is 1. The molecule has 0 saturated carbocycles. The van der Waals surface area contributed by atoms with Gasteiger partial charge in [0.15, 0.2) is 0 Å². The quantitative estimate of drug-likeness (QED) is 0.308. The smallest absolute Gasteiger partial charge is 0.258 e. The molecule has 3 aromatic rings. The van der Waals surface area contributed by atoms with Crippen LogP contribution < -0.4 is 0 Å². The summed E-state index contributed by atoms with van der Waals surface area (Å²) in [5.74, 6) is 0. The summed E-state index contributed by atoms with van der Waals surface area (Å²) in [7, 11) is 0. The first-order valence-electron chi connectivity index (χ1n) is 7.43. The zero-order chi connectivity index (χ0) is 17.6. The number of non-ortho nitro benzene ring substituents is 1. The predicted octanol–water partition coefficient (Wildman–Crippen LogP) is 6.15. The molecule has 0 aromatic heterocycles. The van der Waals surface area contributed by atoms with Gasteiger partial charge in [-0.2, -0.15) is 0 Å². The first-order chi connectivity index (χ1) is 12.1. The van der Waals surface area contributed by atoms with Gasteiger partial charge in [-0.05, 0) is 36.4 Å². The van der Waals surface area contributed by atoms with Crippen LogP contribution in [0.2, 0.25) is 5.02 Å². The monoisotopic (exact) mass is 368 g/mol. The van der Waals surface area contributed by atoms with E-state index in [1.165, 1.54) is 23.9 Å². The maximum atomic E-state index is 11.1. The van der Waals surface area contributed by atoms with E-state index in [1.54, 1.807) is 24.4 Å². The fourth-order valence-corrected chi connectivity index (χ4v) is 3.26. The number of aliphatic imine (C=N–C) groups is 1. The molecule has 0 unspecified atom stereocenters. The molecule has 0 N–H and O–H groups in total. The number of rotatable bonds is 5. The molecule has 0 amide bonds. The minimum atomic E-state index is -0.409. The Hall–Kier alpha value is -2.63. The minimum Gasteiger partial charge on any atom is -0.258 e. The lowest BCUT2D eigenvalue weighted by molar-refractivity contribution is -0.384. The number of hydrogen-bond donors (Lipinski definition) is 0. The van der Waals surface area contributed by atoms with E-state index in [9.17, 15) is 10.1 Å². The zero-order valence-corrected chi connectivity index (χ0v) is 14.6. The maximum absolute atomic E-state index is 11.1. The fraction of sp³-hybridized carbons (Fsp3) is 0. The van der Waals surface area contributed by atoms with E-state index in [0.717, 1.165) is 9.79 Å². The van der Waals surface area contributed by atoms with Gasteiger partial charge >= 0.3 is 0 Å². The van der Waals surface area contributed by atoms with Gasteiger partial charge in [0.2, 0.25) is 0 Å². The minimum absolute atomic E-state index is 0.0324. The molecule has 0 fully saturated rings. The molecular formula is C19H13ClN2O2S. The van der Waals surface area contributed by atoms with Gasteiger partial charge in [0.25, 0.3) is 5.69 Å². The molecule has 0 radical (unpaired) electrons. The summed E-state index contributed by atoms with van der Waals surface area (Å²) >= 11 is 7.50. The molecule has 0 spiro atoms. The van der Waals surface area contributed by atoms with E-state index >= 15 is 0 Å². The first kappa shape index (κ1) is 17.2. The van der Waals surface area contributed by atoms with Crippen LogP contribution in [0.15, 0.2) is 87.6 Å². The van der Waals surface area contributed by atoms with Crippen LogP contribution >= 0.6 is 23.4 Å². The number of nitro benzene ring substituents is 1. The molecule has 0 bridgehead atoms. The third-order valence-electron chi connectivity index (χ3n) is 3.34. The normalized spacial score (nSPS) is 10.9. The van der Waals surface area contributed by atoms with Crippen molar-refractivity contribution in [3.8, 4) is 0 Å². The van der Waals surface area contributed by atoms with Crippen LogP contribution in [-0.4, -0.2) is 11.1 Å². The highest BCUT2D eigenvalue weighted by atomic mass is 35.5. The largest absolute Gasteiger partial charge is 0.270 e. The van der Waals surface area contributed by atoms with Crippen molar-refractivity contribution in [3.05, 3.63) is 93.5 Å². The second-order valence-electron chi connectivity index (χ2n) is 5.13. The fourth-order valence-electron chi connectivity index (χ4n) is 2.16. The summed E-state index contributed by atoms with van der Waals surface area (Å²) in [5.41, 5.74) is 1.41. The van der Waals surface area contributed by atoms with Gasteiger partial charge in [0, 0.05) is 38.7 Å². The summed E-state index contributed by atoms with van der Waals surface area (Å²) in [6, 6.07) is 21.7. The highest BCUT2D eigenvalue weighted by Crippen LogP contribution is 2.32. The lowest BCUT2D eigenvalue weighted by Gasteiger charge is -2.06. The third-order valence-corrected chi connectivity index (χ3v) is 4.67. The van der Waals surface area contributed by atoms with Gasteiger partial charge in [-0.1, -0.05) is 47.6 Å². The van der Waals surface area contributed by atoms with Crippen molar-refractivity contribution < 1.29 is 4.92 Å². The van der Waals surface area contributed by atoms with Crippen LogP contribution in [-0.2, 0) is 0 Å². The van der Waals surface area contributed by atoms with Crippen molar-refractivity contribution in [2.24, 2.45) is 4.99 Å². The van der Waals surface area contributed by atoms with Gasteiger partial charge in [0.05, 0.1) is 10.6 Å². The molecule has 0 heterocycles. The van der Waals surface area contributed by atoms with Crippen LogP contribution in [0.1, 0.15) is 5.56 Å². The van der Waals surface area contributed by atoms with Crippen LogP contribution in [0.3, 0.4) is 0 Å². The Balaban J connectivity index is 1.96. The van der Waals surface area contributed by atoms with Crippen molar-refractivity contribution in [1.29, 1.82) is 0 Å². The highest BCUT2D eigenvalue weighted by Gasteiger charge is 2.11. The van der Waals surface area contributed by atoms with E-state index in [-0.39, 0.29) is 5.69 Å². The SMILES string of the molecule is O=[N+]([O-])c1ccc(Sc2ccccc2)c(C=Nc2cccc(Cl)c2)c1. The number of benzene rings is 3. The van der Waals surface area contributed by atoms with Crippen molar-refractivity contribution >= 4 is 41.0 Å². The van der Waals surface area contributed by atoms with Gasteiger partial charge in [-0.15, -0.1) is 0 Å². The lowest BCUT2D eigenvalue weighted by Crippen LogP contribution is -1.92. The zero-order valence-electron chi connectivity index (χ0n) is 13.0. The van der Waals surface area contributed by atoms with Crippen molar-refractivity contribution in [3.63, 3.8) is 0 Å². The van der Waals surface area contributed by atoms with E-state index in [2.05, 4.69) is 4.99 Å². The third kappa shape index (κ3) is 4.68. The van der Waals surface area contributed by atoms with Gasteiger partial charge in [-0.25, -0.2) is 0 Å². The number of nitrogens with zero attached hydrogens (tertiary/aromatic N) is 2. The van der Waals surface area contributed by atoms with Crippen LogP contribution in [0.5, 0.6) is 0 Å². The van der Waals surface area contributed by atoms with Crippen LogP contribution in [0.25, 0.3) is 0 Å². The summed E-state index contributed by atoms with van der Waals surface area (Å²) in [6.07, 6.45) is 1.63. The Morgan fingerprint density at radius 2 is 1.80 bits per heavy atom. The molecule has 3 rings (SSSR count). The average Bonchev–Trinajstić information content (AvgIpc) is 2.61. The Kier molecular flexibility index (Phi) is 5.48. The molecule has 4 nitrogen and oxygen atoms in total. The predicted molar refractivity (Wildman–Crippen MR) is 102 cm³/mol. The van der Waals surface area contributed by atoms with E-state index in [0.29, 0.717) is 16.3 Å². The van der Waals surface area contributed by atoms with E-state index < -0.39 is 4.92 Å². The summed E-state index contributed by atoms with van der Waals surface area (Å²) in [6.45, 7) is 0. The summed E-state index contributed by atoms with van der Waals surface area (Å²) < 4.78 is 0. The van der Waals surface area contributed by atoms with E-state index in [4.69, 9.17) is 11.6 Å². The Labute approximate surface area is 154 Å². The maximum Gasteiger partial charge on any atom is 0.270 e.